The molecule has 4 nitrogen and oxygen atoms in total. The number of nitrogens with two attached hydrogens (primary N) is 1. The molecule has 0 radical (unpaired) electrons. The van der Waals surface area contributed by atoms with Crippen molar-refractivity contribution in [2.45, 2.75) is 12.5 Å². The molecule has 1 heterocycles. The summed E-state index contributed by atoms with van der Waals surface area (Å²) in [6, 6.07) is 8.17. The second kappa shape index (κ2) is 5.82. The fourth-order valence-corrected chi connectivity index (χ4v) is 2.72. The Morgan fingerprint density at radius 3 is 2.67 bits per heavy atom. The highest BCUT2D eigenvalue weighted by molar-refractivity contribution is 9.10. The minimum absolute atomic E-state index is 0.113. The van der Waals surface area contributed by atoms with Crippen LogP contribution in [0.2, 0.25) is 0 Å². The molecule has 0 aromatic heterocycles. The van der Waals surface area contributed by atoms with Crippen molar-refractivity contribution in [2.24, 2.45) is 11.7 Å². The number of carboxylic acid groups (broad SMARTS) is 1. The Kier molecular flexibility index (Phi) is 4.37. The molecule has 18 heavy (non-hydrogen) atoms. The molecule has 1 fully saturated rings. The van der Waals surface area contributed by atoms with Crippen molar-refractivity contribution in [3.8, 4) is 0 Å². The van der Waals surface area contributed by atoms with Gasteiger partial charge in [0.25, 0.3) is 0 Å². The van der Waals surface area contributed by atoms with Crippen LogP contribution < -0.4 is 5.73 Å². The van der Waals surface area contributed by atoms with E-state index in [4.69, 9.17) is 10.8 Å². The molecule has 1 aliphatic heterocycles. The Labute approximate surface area is 115 Å². The molecule has 1 saturated heterocycles. The van der Waals surface area contributed by atoms with Crippen LogP contribution in [0.1, 0.15) is 18.0 Å². The number of hydrogen-bond donors (Lipinski definition) is 2. The summed E-state index contributed by atoms with van der Waals surface area (Å²) >= 11 is 3.41. The largest absolute Gasteiger partial charge is 0.481 e. The number of nitrogens with zero attached hydrogens (tertiary/aromatic N) is 1. The molecular weight excluding hydrogens is 296 g/mol. The van der Waals surface area contributed by atoms with E-state index in [1.165, 1.54) is 0 Å². The first kappa shape index (κ1) is 13.5. The van der Waals surface area contributed by atoms with Crippen LogP contribution in [0.5, 0.6) is 0 Å². The van der Waals surface area contributed by atoms with Crippen LogP contribution in [0.4, 0.5) is 0 Å². The number of carbonyl (C=O) groups is 1. The summed E-state index contributed by atoms with van der Waals surface area (Å²) in [6.07, 6.45) is 0.711. The van der Waals surface area contributed by atoms with E-state index in [1.807, 2.05) is 24.3 Å². The zero-order valence-electron chi connectivity index (χ0n) is 10.1. The Hall–Kier alpha value is -0.910. The van der Waals surface area contributed by atoms with Gasteiger partial charge in [-0.3, -0.25) is 9.69 Å². The minimum atomic E-state index is -0.705. The molecule has 2 rings (SSSR count). The molecule has 2 atom stereocenters. The second-order valence-electron chi connectivity index (χ2n) is 4.62. The standard InChI is InChI=1S/C13H17BrN2O2/c14-11-3-1-9(2-4-11)12(7-15)16-6-5-10(8-16)13(17)18/h1-4,10,12H,5-8,15H2,(H,17,18)/t10-,12-/m1/s1. The van der Waals surface area contributed by atoms with Crippen LogP contribution in [0.25, 0.3) is 0 Å². The predicted molar refractivity (Wildman–Crippen MR) is 73.3 cm³/mol. The van der Waals surface area contributed by atoms with Gasteiger partial charge in [0.1, 0.15) is 0 Å². The number of likely N-dealkylation sites (tertiary alicyclic amines) is 1. The van der Waals surface area contributed by atoms with Crippen LogP contribution in [0, 0.1) is 5.92 Å². The van der Waals surface area contributed by atoms with Crippen LogP contribution in [0.3, 0.4) is 0 Å². The smallest absolute Gasteiger partial charge is 0.307 e. The Morgan fingerprint density at radius 2 is 2.17 bits per heavy atom. The van der Waals surface area contributed by atoms with Crippen molar-refractivity contribution in [3.63, 3.8) is 0 Å². The van der Waals surface area contributed by atoms with Gasteiger partial charge in [0.2, 0.25) is 0 Å². The third kappa shape index (κ3) is 2.91. The molecule has 0 spiro atoms. The summed E-state index contributed by atoms with van der Waals surface area (Å²) in [7, 11) is 0. The quantitative estimate of drug-likeness (QED) is 0.890. The zero-order chi connectivity index (χ0) is 13.1. The first-order chi connectivity index (χ1) is 8.61. The van der Waals surface area contributed by atoms with Gasteiger partial charge >= 0.3 is 5.97 Å². The average Bonchev–Trinajstić information content (AvgIpc) is 2.82. The highest BCUT2D eigenvalue weighted by Crippen LogP contribution is 2.27. The van der Waals surface area contributed by atoms with E-state index in [-0.39, 0.29) is 12.0 Å². The molecule has 1 aromatic rings. The van der Waals surface area contributed by atoms with Gasteiger partial charge in [-0.2, -0.15) is 0 Å². The van der Waals surface area contributed by atoms with Gasteiger partial charge in [-0.1, -0.05) is 28.1 Å². The minimum Gasteiger partial charge on any atom is -0.481 e. The molecule has 0 aliphatic carbocycles. The molecule has 0 saturated carbocycles. The molecule has 98 valence electrons. The molecule has 3 N–H and O–H groups in total. The highest BCUT2D eigenvalue weighted by Gasteiger charge is 2.32. The zero-order valence-corrected chi connectivity index (χ0v) is 11.6. The van der Waals surface area contributed by atoms with Gasteiger partial charge in [0.05, 0.1) is 5.92 Å². The molecular formula is C13H17BrN2O2. The van der Waals surface area contributed by atoms with E-state index in [1.54, 1.807) is 0 Å². The fourth-order valence-electron chi connectivity index (χ4n) is 2.45. The summed E-state index contributed by atoms with van der Waals surface area (Å²) in [4.78, 5) is 13.1. The van der Waals surface area contributed by atoms with Gasteiger partial charge in [-0.25, -0.2) is 0 Å². The van der Waals surface area contributed by atoms with E-state index in [0.29, 0.717) is 19.5 Å². The third-order valence-electron chi connectivity index (χ3n) is 3.49. The van der Waals surface area contributed by atoms with E-state index >= 15 is 0 Å². The van der Waals surface area contributed by atoms with E-state index in [9.17, 15) is 4.79 Å². The molecule has 0 amide bonds. The van der Waals surface area contributed by atoms with Gasteiger partial charge in [-0.15, -0.1) is 0 Å². The van der Waals surface area contributed by atoms with Crippen LogP contribution in [0.15, 0.2) is 28.7 Å². The summed E-state index contributed by atoms with van der Waals surface area (Å²) < 4.78 is 1.03. The second-order valence-corrected chi connectivity index (χ2v) is 5.54. The van der Waals surface area contributed by atoms with Crippen molar-refractivity contribution in [1.82, 2.24) is 4.90 Å². The topological polar surface area (TPSA) is 66.6 Å². The van der Waals surface area contributed by atoms with Gasteiger partial charge in [-0.05, 0) is 30.7 Å². The monoisotopic (exact) mass is 312 g/mol. The number of aliphatic carboxylic acids is 1. The third-order valence-corrected chi connectivity index (χ3v) is 4.02. The number of rotatable bonds is 4. The Bertz CT molecular complexity index is 422. The predicted octanol–water partition coefficient (Wildman–Crippen LogP) is 1.86. The van der Waals surface area contributed by atoms with E-state index in [0.717, 1.165) is 16.6 Å². The van der Waals surface area contributed by atoms with Gasteiger partial charge in [0.15, 0.2) is 0 Å². The Morgan fingerprint density at radius 1 is 1.50 bits per heavy atom. The van der Waals surface area contributed by atoms with Gasteiger partial charge in [0, 0.05) is 23.6 Å². The lowest BCUT2D eigenvalue weighted by atomic mass is 10.1. The maximum absolute atomic E-state index is 11.0. The number of carboxylic acids is 1. The maximum Gasteiger partial charge on any atom is 0.307 e. The summed E-state index contributed by atoms with van der Waals surface area (Å²) in [5.74, 6) is -0.960. The van der Waals surface area contributed by atoms with Crippen molar-refractivity contribution in [2.75, 3.05) is 19.6 Å². The average molecular weight is 313 g/mol. The van der Waals surface area contributed by atoms with E-state index in [2.05, 4.69) is 20.8 Å². The lowest BCUT2D eigenvalue weighted by Gasteiger charge is -2.26. The number of halogens is 1. The van der Waals surface area contributed by atoms with Gasteiger partial charge < -0.3 is 10.8 Å². The van der Waals surface area contributed by atoms with Crippen LogP contribution >= 0.6 is 15.9 Å². The molecule has 0 bridgehead atoms. The molecule has 1 aromatic carbocycles. The number of hydrogen-bond acceptors (Lipinski definition) is 3. The normalized spacial score (nSPS) is 22.0. The first-order valence-electron chi connectivity index (χ1n) is 6.04. The summed E-state index contributed by atoms with van der Waals surface area (Å²) in [5, 5.41) is 9.03. The Balaban J connectivity index is 2.10. The molecule has 1 aliphatic rings. The summed E-state index contributed by atoms with van der Waals surface area (Å²) in [5.41, 5.74) is 6.99. The fraction of sp³-hybridized carbons (Fsp3) is 0.462. The maximum atomic E-state index is 11.0. The lowest BCUT2D eigenvalue weighted by Crippen LogP contribution is -2.32. The van der Waals surface area contributed by atoms with Crippen LogP contribution in [-0.4, -0.2) is 35.6 Å². The summed E-state index contributed by atoms with van der Waals surface area (Å²) in [6.45, 7) is 1.90. The van der Waals surface area contributed by atoms with E-state index < -0.39 is 5.97 Å². The van der Waals surface area contributed by atoms with Crippen molar-refractivity contribution in [3.05, 3.63) is 34.3 Å². The molecule has 0 unspecified atom stereocenters. The SMILES string of the molecule is NC[C@H](c1ccc(Br)cc1)N1CC[C@@H](C(=O)O)C1. The van der Waals surface area contributed by atoms with Crippen molar-refractivity contribution < 1.29 is 9.90 Å². The van der Waals surface area contributed by atoms with Crippen molar-refractivity contribution >= 4 is 21.9 Å². The van der Waals surface area contributed by atoms with Crippen LogP contribution in [-0.2, 0) is 4.79 Å². The number of benzene rings is 1. The first-order valence-corrected chi connectivity index (χ1v) is 6.83. The highest BCUT2D eigenvalue weighted by atomic mass is 79.9. The lowest BCUT2D eigenvalue weighted by molar-refractivity contribution is -0.141. The van der Waals surface area contributed by atoms with Crippen molar-refractivity contribution in [1.29, 1.82) is 0 Å². The molecule has 5 heteroatoms.